The number of nitrogens with one attached hydrogen (secondary N) is 1. The van der Waals surface area contributed by atoms with Crippen molar-refractivity contribution in [1.29, 1.82) is 0 Å². The van der Waals surface area contributed by atoms with Gasteiger partial charge in [0, 0.05) is 12.6 Å². The minimum Gasteiger partial charge on any atom is -0.379 e. The molecule has 0 radical (unpaired) electrons. The molecule has 0 unspecified atom stereocenters. The van der Waals surface area contributed by atoms with E-state index in [1.165, 1.54) is 51.4 Å². The first kappa shape index (κ1) is 13.7. The number of ether oxygens (including phenoxy) is 1. The van der Waals surface area contributed by atoms with Gasteiger partial charge in [0.1, 0.15) is 0 Å². The Balaban J connectivity index is 1.55. The normalized spacial score (nSPS) is 22.8. The molecule has 0 bridgehead atoms. The predicted octanol–water partition coefficient (Wildman–Crippen LogP) is 2.04. The molecule has 0 saturated heterocycles. The van der Waals surface area contributed by atoms with Gasteiger partial charge in [0.2, 0.25) is 0 Å². The summed E-state index contributed by atoms with van der Waals surface area (Å²) in [6.45, 7) is 2.29. The van der Waals surface area contributed by atoms with Crippen LogP contribution >= 0.6 is 0 Å². The number of guanidine groups is 1. The summed E-state index contributed by atoms with van der Waals surface area (Å²) >= 11 is 0. The van der Waals surface area contributed by atoms with Crippen LogP contribution < -0.4 is 11.1 Å². The SMILES string of the molecule is NC(=NCCOCC1CC1)NC1CCCCCC1. The lowest BCUT2D eigenvalue weighted by Gasteiger charge is -2.16. The van der Waals surface area contributed by atoms with Crippen molar-refractivity contribution in [2.24, 2.45) is 16.6 Å². The quantitative estimate of drug-likeness (QED) is 0.329. The zero-order valence-electron chi connectivity index (χ0n) is 11.4. The maximum Gasteiger partial charge on any atom is 0.188 e. The summed E-state index contributed by atoms with van der Waals surface area (Å²) in [5.41, 5.74) is 5.89. The number of aliphatic imine (C=N–C) groups is 1. The van der Waals surface area contributed by atoms with Gasteiger partial charge in [-0.15, -0.1) is 0 Å². The minimum atomic E-state index is 0.531. The maximum absolute atomic E-state index is 5.89. The standard InChI is InChI=1S/C14H27N3O/c15-14(16-9-10-18-11-12-7-8-12)17-13-5-3-1-2-4-6-13/h12-13H,1-11H2,(H3,15,16,17). The molecule has 2 saturated carbocycles. The summed E-state index contributed by atoms with van der Waals surface area (Å²) in [4.78, 5) is 4.32. The lowest BCUT2D eigenvalue weighted by Crippen LogP contribution is -2.40. The molecule has 0 aromatic heterocycles. The Labute approximate surface area is 110 Å². The summed E-state index contributed by atoms with van der Waals surface area (Å²) in [6.07, 6.45) is 10.5. The van der Waals surface area contributed by atoms with Crippen molar-refractivity contribution in [3.05, 3.63) is 0 Å². The van der Waals surface area contributed by atoms with Crippen molar-refractivity contribution >= 4 is 5.96 Å². The minimum absolute atomic E-state index is 0.531. The van der Waals surface area contributed by atoms with Gasteiger partial charge in [-0.3, -0.25) is 4.99 Å². The second-order valence-corrected chi connectivity index (χ2v) is 5.62. The maximum atomic E-state index is 5.89. The number of nitrogens with two attached hydrogens (primary N) is 1. The Bertz CT molecular complexity index is 256. The van der Waals surface area contributed by atoms with Crippen molar-refractivity contribution in [3.63, 3.8) is 0 Å². The van der Waals surface area contributed by atoms with Gasteiger partial charge in [0.15, 0.2) is 5.96 Å². The topological polar surface area (TPSA) is 59.6 Å². The van der Waals surface area contributed by atoms with Gasteiger partial charge in [-0.2, -0.15) is 0 Å². The molecule has 4 nitrogen and oxygen atoms in total. The predicted molar refractivity (Wildman–Crippen MR) is 74.7 cm³/mol. The van der Waals surface area contributed by atoms with E-state index >= 15 is 0 Å². The number of hydrogen-bond acceptors (Lipinski definition) is 2. The van der Waals surface area contributed by atoms with E-state index in [0.717, 1.165) is 12.5 Å². The van der Waals surface area contributed by atoms with Crippen LogP contribution in [0.1, 0.15) is 51.4 Å². The highest BCUT2D eigenvalue weighted by molar-refractivity contribution is 5.78. The van der Waals surface area contributed by atoms with Crippen LogP contribution in [0.4, 0.5) is 0 Å². The highest BCUT2D eigenvalue weighted by Gasteiger charge is 2.20. The Hall–Kier alpha value is -0.770. The first-order valence-electron chi connectivity index (χ1n) is 7.49. The van der Waals surface area contributed by atoms with Gasteiger partial charge >= 0.3 is 0 Å². The molecule has 0 heterocycles. The summed E-state index contributed by atoms with van der Waals surface area (Å²) in [6, 6.07) is 0.531. The van der Waals surface area contributed by atoms with Crippen molar-refractivity contribution < 1.29 is 4.74 Å². The van der Waals surface area contributed by atoms with Gasteiger partial charge in [0.25, 0.3) is 0 Å². The van der Waals surface area contributed by atoms with Gasteiger partial charge in [-0.25, -0.2) is 0 Å². The third-order valence-electron chi connectivity index (χ3n) is 3.78. The smallest absolute Gasteiger partial charge is 0.188 e. The number of hydrogen-bond donors (Lipinski definition) is 2. The first-order chi connectivity index (χ1) is 8.84. The molecule has 0 aliphatic heterocycles. The van der Waals surface area contributed by atoms with Crippen molar-refractivity contribution in [2.75, 3.05) is 19.8 Å². The van der Waals surface area contributed by atoms with Crippen molar-refractivity contribution in [1.82, 2.24) is 5.32 Å². The highest BCUT2D eigenvalue weighted by Crippen LogP contribution is 2.28. The third-order valence-corrected chi connectivity index (χ3v) is 3.78. The largest absolute Gasteiger partial charge is 0.379 e. The molecule has 2 aliphatic rings. The van der Waals surface area contributed by atoms with Crippen LogP contribution in [-0.4, -0.2) is 31.8 Å². The molecule has 0 atom stereocenters. The highest BCUT2D eigenvalue weighted by atomic mass is 16.5. The average Bonchev–Trinajstić information content (AvgIpc) is 3.16. The van der Waals surface area contributed by atoms with E-state index in [4.69, 9.17) is 10.5 Å². The van der Waals surface area contributed by atoms with Gasteiger partial charge in [0.05, 0.1) is 13.2 Å². The fourth-order valence-corrected chi connectivity index (χ4v) is 2.44. The van der Waals surface area contributed by atoms with Crippen molar-refractivity contribution in [3.8, 4) is 0 Å². The van der Waals surface area contributed by atoms with E-state index < -0.39 is 0 Å². The molecule has 3 N–H and O–H groups in total. The molecule has 2 rings (SSSR count). The molecule has 4 heteroatoms. The lowest BCUT2D eigenvalue weighted by atomic mass is 10.1. The van der Waals surface area contributed by atoms with Crippen LogP contribution in [-0.2, 0) is 4.74 Å². The van der Waals surface area contributed by atoms with Crippen LogP contribution in [0.15, 0.2) is 4.99 Å². The molecule has 18 heavy (non-hydrogen) atoms. The van der Waals surface area contributed by atoms with Crippen LogP contribution in [0.2, 0.25) is 0 Å². The van der Waals surface area contributed by atoms with E-state index in [1.54, 1.807) is 0 Å². The average molecular weight is 253 g/mol. The van der Waals surface area contributed by atoms with Gasteiger partial charge in [-0.1, -0.05) is 25.7 Å². The molecular formula is C14H27N3O. The number of rotatable bonds is 6. The molecule has 0 spiro atoms. The number of nitrogens with zero attached hydrogens (tertiary/aromatic N) is 1. The molecule has 0 amide bonds. The molecule has 2 fully saturated rings. The van der Waals surface area contributed by atoms with Crippen LogP contribution in [0.3, 0.4) is 0 Å². The van der Waals surface area contributed by atoms with Crippen LogP contribution in [0, 0.1) is 5.92 Å². The molecule has 0 aromatic carbocycles. The lowest BCUT2D eigenvalue weighted by molar-refractivity contribution is 0.132. The van der Waals surface area contributed by atoms with E-state index in [9.17, 15) is 0 Å². The second kappa shape index (κ2) is 7.62. The monoisotopic (exact) mass is 253 g/mol. The Morgan fingerprint density at radius 1 is 1.11 bits per heavy atom. The third kappa shape index (κ3) is 5.71. The van der Waals surface area contributed by atoms with E-state index in [1.807, 2.05) is 0 Å². The zero-order chi connectivity index (χ0) is 12.6. The van der Waals surface area contributed by atoms with Crippen LogP contribution in [0.25, 0.3) is 0 Å². The van der Waals surface area contributed by atoms with Crippen LogP contribution in [0.5, 0.6) is 0 Å². The summed E-state index contributed by atoms with van der Waals surface area (Å²) in [7, 11) is 0. The Morgan fingerprint density at radius 3 is 2.50 bits per heavy atom. The van der Waals surface area contributed by atoms with Crippen molar-refractivity contribution in [2.45, 2.75) is 57.4 Å². The molecule has 104 valence electrons. The van der Waals surface area contributed by atoms with E-state index in [2.05, 4.69) is 10.3 Å². The molecule has 0 aromatic rings. The Kier molecular flexibility index (Phi) is 5.78. The van der Waals surface area contributed by atoms with Gasteiger partial charge in [-0.05, 0) is 31.6 Å². The fraction of sp³-hybridized carbons (Fsp3) is 0.929. The molecule has 2 aliphatic carbocycles. The van der Waals surface area contributed by atoms with Gasteiger partial charge < -0.3 is 15.8 Å². The summed E-state index contributed by atoms with van der Waals surface area (Å²) in [5.74, 6) is 1.42. The van der Waals surface area contributed by atoms with E-state index in [-0.39, 0.29) is 0 Å². The summed E-state index contributed by atoms with van der Waals surface area (Å²) in [5, 5.41) is 3.34. The Morgan fingerprint density at radius 2 is 1.83 bits per heavy atom. The summed E-state index contributed by atoms with van der Waals surface area (Å²) < 4.78 is 5.53. The molecular weight excluding hydrogens is 226 g/mol. The zero-order valence-corrected chi connectivity index (χ0v) is 11.4. The second-order valence-electron chi connectivity index (χ2n) is 5.62. The first-order valence-corrected chi connectivity index (χ1v) is 7.49. The fourth-order valence-electron chi connectivity index (χ4n) is 2.44. The van der Waals surface area contributed by atoms with E-state index in [0.29, 0.717) is 25.2 Å².